The van der Waals surface area contributed by atoms with Crippen LogP contribution in [-0.2, 0) is 11.3 Å². The number of nitrogens with two attached hydrogens (primary N) is 1. The first-order valence-electron chi connectivity index (χ1n) is 8.01. The van der Waals surface area contributed by atoms with E-state index in [-0.39, 0.29) is 36.8 Å². The van der Waals surface area contributed by atoms with Gasteiger partial charge in [0.15, 0.2) is 0 Å². The molecule has 1 saturated heterocycles. The maximum absolute atomic E-state index is 12.8. The smallest absolute Gasteiger partial charge is 0.242 e. The van der Waals surface area contributed by atoms with Crippen molar-refractivity contribution in [3.63, 3.8) is 0 Å². The van der Waals surface area contributed by atoms with Crippen molar-refractivity contribution in [3.05, 3.63) is 30.1 Å². The molecule has 0 saturated carbocycles. The number of fused-ring (bicyclic) bond motifs is 1. The van der Waals surface area contributed by atoms with Crippen LogP contribution < -0.4 is 5.73 Å². The molecule has 3 rings (SSSR count). The van der Waals surface area contributed by atoms with Gasteiger partial charge in [-0.3, -0.25) is 4.79 Å². The average Bonchev–Trinajstić information content (AvgIpc) is 2.83. The molecule has 2 aromatic rings. The van der Waals surface area contributed by atoms with Gasteiger partial charge in [0.05, 0.1) is 11.0 Å². The van der Waals surface area contributed by atoms with Gasteiger partial charge in [0.1, 0.15) is 12.4 Å². The van der Waals surface area contributed by atoms with Crippen LogP contribution in [0.1, 0.15) is 25.6 Å². The van der Waals surface area contributed by atoms with Crippen molar-refractivity contribution in [1.82, 2.24) is 14.5 Å². The predicted octanol–water partition coefficient (Wildman–Crippen LogP) is 2.77. The third-order valence-electron chi connectivity index (χ3n) is 4.71. The van der Waals surface area contributed by atoms with Crippen LogP contribution in [0.4, 0.5) is 0 Å². The molecular weight excluding hydrogens is 347 g/mol. The third-order valence-corrected chi connectivity index (χ3v) is 4.71. The Labute approximate surface area is 155 Å². The summed E-state index contributed by atoms with van der Waals surface area (Å²) in [5.41, 5.74) is 7.83. The summed E-state index contributed by atoms with van der Waals surface area (Å²) in [7, 11) is 0. The zero-order chi connectivity index (χ0) is 15.7. The van der Waals surface area contributed by atoms with Gasteiger partial charge in [0.2, 0.25) is 5.91 Å². The van der Waals surface area contributed by atoms with Gasteiger partial charge >= 0.3 is 0 Å². The number of piperidine rings is 1. The lowest BCUT2D eigenvalue weighted by Crippen LogP contribution is -2.50. The summed E-state index contributed by atoms with van der Waals surface area (Å²) >= 11 is 0. The number of aromatic nitrogens is 2. The Hall–Kier alpha value is -1.30. The molecule has 0 bridgehead atoms. The summed E-state index contributed by atoms with van der Waals surface area (Å²) in [6.07, 6.45) is 2.07. The van der Waals surface area contributed by atoms with Gasteiger partial charge in [-0.05, 0) is 37.8 Å². The molecule has 24 heavy (non-hydrogen) atoms. The number of aryl methyl sites for hydroxylation is 1. The number of halogens is 2. The molecule has 2 atom stereocenters. The average molecular weight is 373 g/mol. The predicted molar refractivity (Wildman–Crippen MR) is 102 cm³/mol. The van der Waals surface area contributed by atoms with Crippen LogP contribution in [0, 0.1) is 12.8 Å². The lowest BCUT2D eigenvalue weighted by atomic mass is 9.92. The Bertz CT molecular complexity index is 688. The second kappa shape index (κ2) is 8.70. The van der Waals surface area contributed by atoms with Gasteiger partial charge in [0.25, 0.3) is 0 Å². The number of hydrogen-bond acceptors (Lipinski definition) is 3. The third kappa shape index (κ3) is 4.02. The van der Waals surface area contributed by atoms with Crippen LogP contribution in [0.5, 0.6) is 0 Å². The van der Waals surface area contributed by atoms with Gasteiger partial charge in [-0.1, -0.05) is 19.1 Å². The summed E-state index contributed by atoms with van der Waals surface area (Å²) in [4.78, 5) is 19.3. The second-order valence-corrected chi connectivity index (χ2v) is 6.34. The maximum Gasteiger partial charge on any atom is 0.242 e. The lowest BCUT2D eigenvalue weighted by Gasteiger charge is -2.38. The van der Waals surface area contributed by atoms with E-state index in [1.807, 2.05) is 40.7 Å². The number of likely N-dealkylation sites (tertiary alicyclic amines) is 1. The van der Waals surface area contributed by atoms with Gasteiger partial charge in [0, 0.05) is 19.1 Å². The quantitative estimate of drug-likeness (QED) is 0.900. The molecule has 134 valence electrons. The Morgan fingerprint density at radius 1 is 1.33 bits per heavy atom. The Kier molecular flexibility index (Phi) is 7.52. The monoisotopic (exact) mass is 372 g/mol. The van der Waals surface area contributed by atoms with E-state index in [0.29, 0.717) is 19.0 Å². The Balaban J connectivity index is 0.00000144. The largest absolute Gasteiger partial charge is 0.337 e. The molecule has 1 aromatic heterocycles. The van der Waals surface area contributed by atoms with E-state index < -0.39 is 0 Å². The number of hydrogen-bond donors (Lipinski definition) is 1. The number of imidazole rings is 1. The van der Waals surface area contributed by atoms with Crippen molar-refractivity contribution in [3.8, 4) is 0 Å². The van der Waals surface area contributed by atoms with E-state index in [4.69, 9.17) is 5.73 Å². The fourth-order valence-corrected chi connectivity index (χ4v) is 3.43. The number of nitrogens with zero attached hydrogens (tertiary/aromatic N) is 3. The Morgan fingerprint density at radius 2 is 2.04 bits per heavy atom. The van der Waals surface area contributed by atoms with Gasteiger partial charge in [-0.25, -0.2) is 4.98 Å². The van der Waals surface area contributed by atoms with E-state index in [1.54, 1.807) is 0 Å². The minimum Gasteiger partial charge on any atom is -0.337 e. The first kappa shape index (κ1) is 20.7. The number of amides is 1. The highest BCUT2D eigenvalue weighted by Crippen LogP contribution is 2.23. The van der Waals surface area contributed by atoms with Crippen molar-refractivity contribution < 1.29 is 4.79 Å². The molecule has 1 amide bonds. The van der Waals surface area contributed by atoms with E-state index in [0.717, 1.165) is 36.2 Å². The van der Waals surface area contributed by atoms with Crippen LogP contribution in [0.25, 0.3) is 11.0 Å². The zero-order valence-electron chi connectivity index (χ0n) is 14.1. The SMILES string of the molecule is Cc1nc2ccccc2n1CC(=O)N1CCC(C)CC1CN.Cl.Cl. The molecule has 0 aliphatic carbocycles. The molecule has 1 aromatic carbocycles. The number of carbonyl (C=O) groups is 1. The molecule has 2 heterocycles. The molecule has 1 aliphatic heterocycles. The fourth-order valence-electron chi connectivity index (χ4n) is 3.43. The number of para-hydroxylation sites is 2. The first-order chi connectivity index (χ1) is 10.6. The standard InChI is InChI=1S/C17H24N4O.2ClH/c1-12-7-8-20(14(9-12)10-18)17(22)11-21-13(2)19-15-5-3-4-6-16(15)21;;/h3-6,12,14H,7-11,18H2,1-2H3;2*1H. The van der Waals surface area contributed by atoms with Crippen molar-refractivity contribution in [2.45, 2.75) is 39.3 Å². The summed E-state index contributed by atoms with van der Waals surface area (Å²) in [6, 6.07) is 8.12. The van der Waals surface area contributed by atoms with E-state index in [9.17, 15) is 4.79 Å². The molecule has 1 fully saturated rings. The van der Waals surface area contributed by atoms with Crippen molar-refractivity contribution in [2.24, 2.45) is 11.7 Å². The van der Waals surface area contributed by atoms with E-state index >= 15 is 0 Å². The van der Waals surface area contributed by atoms with E-state index in [2.05, 4.69) is 11.9 Å². The summed E-state index contributed by atoms with van der Waals surface area (Å²) < 4.78 is 2.00. The highest BCUT2D eigenvalue weighted by Gasteiger charge is 2.29. The van der Waals surface area contributed by atoms with Crippen molar-refractivity contribution in [2.75, 3.05) is 13.1 Å². The number of rotatable bonds is 3. The molecular formula is C17H26Cl2N4O. The highest BCUT2D eigenvalue weighted by atomic mass is 35.5. The minimum absolute atomic E-state index is 0. The van der Waals surface area contributed by atoms with E-state index in [1.165, 1.54) is 0 Å². The van der Waals surface area contributed by atoms with Gasteiger partial charge in [-0.2, -0.15) is 0 Å². The van der Waals surface area contributed by atoms with Gasteiger partial charge in [-0.15, -0.1) is 24.8 Å². The maximum atomic E-state index is 12.8. The first-order valence-corrected chi connectivity index (χ1v) is 8.01. The zero-order valence-corrected chi connectivity index (χ0v) is 15.8. The Morgan fingerprint density at radius 3 is 2.75 bits per heavy atom. The molecule has 0 radical (unpaired) electrons. The summed E-state index contributed by atoms with van der Waals surface area (Å²) in [5, 5.41) is 0. The van der Waals surface area contributed by atoms with Gasteiger partial charge < -0.3 is 15.2 Å². The number of carbonyl (C=O) groups excluding carboxylic acids is 1. The molecule has 2 unspecified atom stereocenters. The molecule has 0 spiro atoms. The summed E-state index contributed by atoms with van der Waals surface area (Å²) in [6.45, 7) is 5.88. The minimum atomic E-state index is 0. The normalized spacial score (nSPS) is 20.4. The topological polar surface area (TPSA) is 64.2 Å². The molecule has 1 aliphatic rings. The molecule has 7 heteroatoms. The second-order valence-electron chi connectivity index (χ2n) is 6.34. The van der Waals surface area contributed by atoms with Crippen LogP contribution in [0.2, 0.25) is 0 Å². The molecule has 2 N–H and O–H groups in total. The van der Waals surface area contributed by atoms with Crippen LogP contribution in [0.15, 0.2) is 24.3 Å². The number of benzene rings is 1. The summed E-state index contributed by atoms with van der Waals surface area (Å²) in [5.74, 6) is 1.67. The fraction of sp³-hybridized carbons (Fsp3) is 0.529. The van der Waals surface area contributed by atoms with Crippen molar-refractivity contribution >= 4 is 41.8 Å². The van der Waals surface area contributed by atoms with Crippen molar-refractivity contribution in [1.29, 1.82) is 0 Å². The highest BCUT2D eigenvalue weighted by molar-refractivity contribution is 5.85. The van der Waals surface area contributed by atoms with Crippen LogP contribution >= 0.6 is 24.8 Å². The molecule has 5 nitrogen and oxygen atoms in total. The lowest BCUT2D eigenvalue weighted by molar-refractivity contribution is -0.135. The van der Waals surface area contributed by atoms with Crippen LogP contribution in [-0.4, -0.2) is 39.5 Å². The van der Waals surface area contributed by atoms with Crippen LogP contribution in [0.3, 0.4) is 0 Å².